The maximum absolute atomic E-state index is 6.44. The Hall–Kier alpha value is -2.50. The number of fused-ring (bicyclic) bond motifs is 3. The summed E-state index contributed by atoms with van der Waals surface area (Å²) in [6, 6.07) is 9.68. The number of hydrogen-bond acceptors (Lipinski definition) is 5. The van der Waals surface area contributed by atoms with E-state index in [0.29, 0.717) is 22.4 Å². The third-order valence-electron chi connectivity index (χ3n) is 5.80. The van der Waals surface area contributed by atoms with Gasteiger partial charge in [0.05, 0.1) is 31.2 Å². The Balaban J connectivity index is 1.78. The minimum Gasteiger partial charge on any atom is -0.496 e. The van der Waals surface area contributed by atoms with Gasteiger partial charge in [0.25, 0.3) is 0 Å². The highest BCUT2D eigenvalue weighted by Crippen LogP contribution is 2.45. The zero-order valence-corrected chi connectivity index (χ0v) is 18.7. The minimum absolute atomic E-state index is 0.522. The first-order chi connectivity index (χ1) is 14.6. The number of benzene rings is 1. The monoisotopic (exact) mass is 439 g/mol. The molecular weight excluding hydrogens is 418 g/mol. The molecule has 1 aliphatic rings. The Morgan fingerprint density at radius 1 is 1.13 bits per heavy atom. The van der Waals surface area contributed by atoms with Crippen LogP contribution in [0.4, 0.5) is 0 Å². The molecule has 0 saturated heterocycles. The van der Waals surface area contributed by atoms with E-state index in [0.717, 1.165) is 40.3 Å². The van der Waals surface area contributed by atoms with E-state index < -0.39 is 0 Å². The maximum Gasteiger partial charge on any atom is 0.141 e. The molecule has 0 fully saturated rings. The van der Waals surface area contributed by atoms with Gasteiger partial charge >= 0.3 is 0 Å². The van der Waals surface area contributed by atoms with Crippen LogP contribution < -0.4 is 9.47 Å². The van der Waals surface area contributed by atoms with Gasteiger partial charge in [-0.3, -0.25) is 0 Å². The van der Waals surface area contributed by atoms with Crippen molar-refractivity contribution in [1.29, 1.82) is 0 Å². The van der Waals surface area contributed by atoms with Crippen LogP contribution in [0, 0.1) is 5.92 Å². The molecule has 1 unspecified atom stereocenters. The second kappa shape index (κ2) is 7.64. The van der Waals surface area contributed by atoms with Crippen molar-refractivity contribution >= 4 is 33.2 Å². The fourth-order valence-electron chi connectivity index (χ4n) is 4.27. The quantitative estimate of drug-likeness (QED) is 0.342. The Bertz CT molecular complexity index is 1230. The smallest absolute Gasteiger partial charge is 0.141 e. The van der Waals surface area contributed by atoms with Crippen molar-refractivity contribution in [3.05, 3.63) is 52.1 Å². The summed E-state index contributed by atoms with van der Waals surface area (Å²) < 4.78 is 16.8. The summed E-state index contributed by atoms with van der Waals surface area (Å²) in [7, 11) is 3.24. The third-order valence-corrected chi connectivity index (χ3v) is 7.25. The third kappa shape index (κ3) is 3.17. The van der Waals surface area contributed by atoms with Crippen LogP contribution in [-0.4, -0.2) is 19.2 Å². The van der Waals surface area contributed by atoms with Gasteiger partial charge in [-0.15, -0.1) is 11.3 Å². The number of hydrogen-bond donors (Lipinski definition) is 0. The van der Waals surface area contributed by atoms with E-state index >= 15 is 0 Å². The zero-order chi connectivity index (χ0) is 20.8. The average molecular weight is 440 g/mol. The van der Waals surface area contributed by atoms with Crippen LogP contribution in [0.5, 0.6) is 11.5 Å². The summed E-state index contributed by atoms with van der Waals surface area (Å²) in [5, 5.41) is 1.74. The lowest BCUT2D eigenvalue weighted by molar-refractivity contribution is 0.395. The molecular formula is C24H22ClNO3S. The van der Waals surface area contributed by atoms with E-state index in [1.807, 2.05) is 18.2 Å². The Morgan fingerprint density at radius 3 is 2.70 bits per heavy atom. The van der Waals surface area contributed by atoms with E-state index in [2.05, 4.69) is 13.0 Å². The number of rotatable bonds is 4. The molecule has 6 heteroatoms. The Morgan fingerprint density at radius 2 is 1.97 bits per heavy atom. The van der Waals surface area contributed by atoms with Crippen LogP contribution in [0.1, 0.15) is 23.8 Å². The van der Waals surface area contributed by atoms with Crippen LogP contribution in [-0.2, 0) is 12.8 Å². The van der Waals surface area contributed by atoms with Gasteiger partial charge in [-0.2, -0.15) is 0 Å². The molecule has 0 N–H and O–H groups in total. The lowest BCUT2D eigenvalue weighted by Gasteiger charge is -2.18. The molecule has 3 heterocycles. The molecule has 30 heavy (non-hydrogen) atoms. The van der Waals surface area contributed by atoms with Gasteiger partial charge < -0.3 is 13.9 Å². The number of aryl methyl sites for hydroxylation is 1. The molecule has 0 radical (unpaired) electrons. The molecule has 5 rings (SSSR count). The highest BCUT2D eigenvalue weighted by Gasteiger charge is 2.25. The van der Waals surface area contributed by atoms with Crippen molar-refractivity contribution in [2.45, 2.75) is 26.2 Å². The fraction of sp³-hybridized carbons (Fsp3) is 0.292. The van der Waals surface area contributed by atoms with E-state index in [1.54, 1.807) is 37.9 Å². The topological polar surface area (TPSA) is 44.5 Å². The summed E-state index contributed by atoms with van der Waals surface area (Å²) in [5.74, 6) is 2.80. The molecule has 1 aliphatic carbocycles. The van der Waals surface area contributed by atoms with E-state index in [4.69, 9.17) is 30.5 Å². The predicted molar refractivity (Wildman–Crippen MR) is 122 cm³/mol. The van der Waals surface area contributed by atoms with E-state index in [-0.39, 0.29) is 0 Å². The largest absolute Gasteiger partial charge is 0.496 e. The van der Waals surface area contributed by atoms with E-state index in [1.165, 1.54) is 22.2 Å². The van der Waals surface area contributed by atoms with Gasteiger partial charge in [0.1, 0.15) is 22.1 Å². The Kier molecular flexibility index (Phi) is 4.95. The summed E-state index contributed by atoms with van der Waals surface area (Å²) in [6.07, 6.45) is 5.12. The van der Waals surface area contributed by atoms with Crippen molar-refractivity contribution in [2.75, 3.05) is 14.2 Å². The van der Waals surface area contributed by atoms with Crippen LogP contribution in [0.25, 0.3) is 32.8 Å². The maximum atomic E-state index is 6.44. The van der Waals surface area contributed by atoms with Gasteiger partial charge in [-0.1, -0.05) is 18.5 Å². The SMILES string of the molecule is COc1cc(OC)c(-c2cc(-c3ccco3)c3c4c(sc3n2)CC(C)CC4)cc1Cl. The molecule has 0 amide bonds. The van der Waals surface area contributed by atoms with E-state index in [9.17, 15) is 0 Å². The van der Waals surface area contributed by atoms with Gasteiger partial charge in [0, 0.05) is 27.5 Å². The van der Waals surface area contributed by atoms with Crippen LogP contribution >= 0.6 is 22.9 Å². The minimum atomic E-state index is 0.522. The molecule has 0 bridgehead atoms. The molecule has 4 nitrogen and oxygen atoms in total. The van der Waals surface area contributed by atoms with Gasteiger partial charge in [-0.25, -0.2) is 4.98 Å². The predicted octanol–water partition coefficient (Wildman–Crippen LogP) is 7.02. The zero-order valence-electron chi connectivity index (χ0n) is 17.1. The van der Waals surface area contributed by atoms with Crippen LogP contribution in [0.2, 0.25) is 5.02 Å². The van der Waals surface area contributed by atoms with Crippen LogP contribution in [0.3, 0.4) is 0 Å². The van der Waals surface area contributed by atoms with Crippen molar-refractivity contribution in [1.82, 2.24) is 4.98 Å². The standard InChI is InChI=1S/C24H22ClNO3S/c1-13-6-7-14-22(9-13)30-24-23(14)16(19-5-4-8-29-19)11-18(26-24)15-10-17(25)21(28-3)12-20(15)27-2/h4-5,8,10-13H,6-7,9H2,1-3H3. The highest BCUT2D eigenvalue weighted by molar-refractivity contribution is 7.19. The molecule has 0 saturated carbocycles. The highest BCUT2D eigenvalue weighted by atomic mass is 35.5. The number of methoxy groups -OCH3 is 2. The lowest BCUT2D eigenvalue weighted by Crippen LogP contribution is -2.08. The van der Waals surface area contributed by atoms with Crippen molar-refractivity contribution in [3.8, 4) is 34.1 Å². The average Bonchev–Trinajstić information content (AvgIpc) is 3.40. The number of aromatic nitrogens is 1. The number of halogens is 1. The lowest BCUT2D eigenvalue weighted by atomic mass is 9.88. The van der Waals surface area contributed by atoms with Gasteiger partial charge in [0.2, 0.25) is 0 Å². The summed E-state index contributed by atoms with van der Waals surface area (Å²) >= 11 is 8.24. The first kappa shape index (κ1) is 19.5. The first-order valence-corrected chi connectivity index (χ1v) is 11.2. The van der Waals surface area contributed by atoms with Gasteiger partial charge in [0.15, 0.2) is 0 Å². The molecule has 0 aliphatic heterocycles. The van der Waals surface area contributed by atoms with Crippen molar-refractivity contribution in [2.24, 2.45) is 5.92 Å². The number of nitrogens with zero attached hydrogens (tertiary/aromatic N) is 1. The van der Waals surface area contributed by atoms with Gasteiger partial charge in [-0.05, 0) is 55.0 Å². The summed E-state index contributed by atoms with van der Waals surface area (Å²) in [4.78, 5) is 7.53. The summed E-state index contributed by atoms with van der Waals surface area (Å²) in [5.41, 5.74) is 4.14. The number of ether oxygens (including phenoxy) is 2. The molecule has 0 spiro atoms. The molecule has 1 aromatic carbocycles. The number of thiophene rings is 1. The van der Waals surface area contributed by atoms with Crippen LogP contribution in [0.15, 0.2) is 41.0 Å². The van der Waals surface area contributed by atoms with Crippen molar-refractivity contribution in [3.63, 3.8) is 0 Å². The Labute approximate surface area is 184 Å². The normalized spacial score (nSPS) is 15.9. The number of furan rings is 1. The second-order valence-electron chi connectivity index (χ2n) is 7.75. The second-order valence-corrected chi connectivity index (χ2v) is 9.24. The molecule has 3 aromatic heterocycles. The first-order valence-electron chi connectivity index (χ1n) is 10.00. The van der Waals surface area contributed by atoms with Crippen molar-refractivity contribution < 1.29 is 13.9 Å². The fourth-order valence-corrected chi connectivity index (χ4v) is 5.92. The number of pyridine rings is 1. The molecule has 4 aromatic rings. The summed E-state index contributed by atoms with van der Waals surface area (Å²) in [6.45, 7) is 2.32. The molecule has 154 valence electrons. The molecule has 1 atom stereocenters.